The fourth-order valence-corrected chi connectivity index (χ4v) is 12.7. The molecule has 9 saturated carbocycles. The van der Waals surface area contributed by atoms with Crippen molar-refractivity contribution < 1.29 is 9.84 Å². The number of hydrogen-bond donors (Lipinski definition) is 2. The molecule has 3 heteroatoms. The summed E-state index contributed by atoms with van der Waals surface area (Å²) < 4.78 is 6.16. The van der Waals surface area contributed by atoms with E-state index < -0.39 is 6.29 Å². The van der Waals surface area contributed by atoms with Crippen molar-refractivity contribution in [2.75, 3.05) is 6.61 Å². The second-order valence-electron chi connectivity index (χ2n) is 15.8. The van der Waals surface area contributed by atoms with E-state index in [-0.39, 0.29) is 5.25 Å². The van der Waals surface area contributed by atoms with Crippen LogP contribution in [0.5, 0.6) is 0 Å². The van der Waals surface area contributed by atoms with Crippen LogP contribution in [0, 0.1) is 64.1 Å². The summed E-state index contributed by atoms with van der Waals surface area (Å²) in [5.74, 6) is 9.05. The van der Waals surface area contributed by atoms with E-state index in [0.717, 1.165) is 60.4 Å². The fraction of sp³-hybridized carbons (Fsp3) is 0.889. The number of unbranched alkanes of at least 4 members (excludes halogenated alkanes) is 1. The monoisotopic (exact) mass is 552 g/mol. The van der Waals surface area contributed by atoms with Crippen LogP contribution in [0.4, 0.5) is 0 Å². The lowest BCUT2D eigenvalue weighted by Gasteiger charge is -2.91. The van der Waals surface area contributed by atoms with Crippen LogP contribution in [0.1, 0.15) is 117 Å². The Kier molecular flexibility index (Phi) is 7.41. The number of rotatable bonds is 15. The van der Waals surface area contributed by atoms with Gasteiger partial charge in [0.15, 0.2) is 6.29 Å². The van der Waals surface area contributed by atoms with E-state index >= 15 is 0 Å². The molecule has 8 unspecified atom stereocenters. The van der Waals surface area contributed by atoms with Crippen molar-refractivity contribution in [3.63, 3.8) is 0 Å². The van der Waals surface area contributed by atoms with Gasteiger partial charge < -0.3 is 9.84 Å². The molecular formula is C36H56O2S. The van der Waals surface area contributed by atoms with Crippen LogP contribution in [-0.2, 0) is 4.74 Å². The summed E-state index contributed by atoms with van der Waals surface area (Å²) in [6.07, 6.45) is 24.3. The minimum absolute atomic E-state index is 0.225. The zero-order valence-electron chi connectivity index (χ0n) is 25.1. The maximum absolute atomic E-state index is 10.8. The molecule has 1 spiro atoms. The molecule has 0 aromatic carbocycles. The van der Waals surface area contributed by atoms with Gasteiger partial charge in [0.1, 0.15) is 0 Å². The summed E-state index contributed by atoms with van der Waals surface area (Å²) in [4.78, 5) is 0. The fourth-order valence-electron chi connectivity index (χ4n) is 12.5. The molecule has 9 fully saturated rings. The Balaban J connectivity index is 0.956. The molecule has 4 bridgehead atoms. The van der Waals surface area contributed by atoms with E-state index in [1.165, 1.54) is 69.8 Å². The van der Waals surface area contributed by atoms with Gasteiger partial charge in [0.25, 0.3) is 0 Å². The number of allylic oxidation sites excluding steroid dienone is 2. The first-order valence-electron chi connectivity index (χ1n) is 17.2. The van der Waals surface area contributed by atoms with E-state index in [0.29, 0.717) is 23.2 Å². The summed E-state index contributed by atoms with van der Waals surface area (Å²) in [5.41, 5.74) is 3.96. The van der Waals surface area contributed by atoms with Crippen LogP contribution in [-0.4, -0.2) is 23.3 Å². The molecule has 2 nitrogen and oxygen atoms in total. The first-order valence-corrected chi connectivity index (χ1v) is 17.8. The molecule has 8 atom stereocenters. The Morgan fingerprint density at radius 3 is 2.36 bits per heavy atom. The number of aliphatic hydroxyl groups excluding tert-OH is 1. The molecule has 218 valence electrons. The normalized spacial score (nSPS) is 46.9. The van der Waals surface area contributed by atoms with Crippen LogP contribution in [0.2, 0.25) is 0 Å². The zero-order chi connectivity index (χ0) is 26.9. The molecule has 0 aliphatic heterocycles. The van der Waals surface area contributed by atoms with E-state index in [1.54, 1.807) is 24.8 Å². The lowest BCUT2D eigenvalue weighted by atomic mass is 9.13. The molecule has 0 saturated heterocycles. The Morgan fingerprint density at radius 1 is 1.00 bits per heavy atom. The Morgan fingerprint density at radius 2 is 1.74 bits per heavy atom. The van der Waals surface area contributed by atoms with Crippen molar-refractivity contribution in [3.8, 4) is 0 Å². The van der Waals surface area contributed by atoms with E-state index in [1.807, 2.05) is 0 Å². The highest BCUT2D eigenvalue weighted by atomic mass is 32.1. The first-order chi connectivity index (χ1) is 18.9. The lowest BCUT2D eigenvalue weighted by molar-refractivity contribution is -0.443. The van der Waals surface area contributed by atoms with Crippen molar-refractivity contribution in [2.45, 2.75) is 129 Å². The minimum atomic E-state index is -0.683. The third-order valence-corrected chi connectivity index (χ3v) is 14.9. The molecule has 9 aliphatic rings. The zero-order valence-corrected chi connectivity index (χ0v) is 26.0. The molecule has 1 N–H and O–H groups in total. The van der Waals surface area contributed by atoms with E-state index in [2.05, 4.69) is 32.9 Å². The van der Waals surface area contributed by atoms with Gasteiger partial charge in [-0.15, -0.1) is 0 Å². The van der Waals surface area contributed by atoms with E-state index in [4.69, 9.17) is 17.4 Å². The summed E-state index contributed by atoms with van der Waals surface area (Å²) in [5, 5.41) is 11.1. The molecule has 0 heterocycles. The predicted molar refractivity (Wildman–Crippen MR) is 163 cm³/mol. The minimum Gasteiger partial charge on any atom is -0.368 e. The lowest BCUT2D eigenvalue weighted by Crippen LogP contribution is -2.86. The van der Waals surface area contributed by atoms with Gasteiger partial charge in [-0.1, -0.05) is 44.4 Å². The van der Waals surface area contributed by atoms with Gasteiger partial charge in [-0.25, -0.2) is 0 Å². The van der Waals surface area contributed by atoms with Crippen molar-refractivity contribution in [3.05, 3.63) is 23.3 Å². The van der Waals surface area contributed by atoms with Gasteiger partial charge in [0.05, 0.1) is 6.61 Å². The number of hydrogen-bond acceptors (Lipinski definition) is 3. The number of aliphatic hydroxyl groups is 1. The van der Waals surface area contributed by atoms with Crippen molar-refractivity contribution in [1.29, 1.82) is 0 Å². The van der Waals surface area contributed by atoms with E-state index in [9.17, 15) is 5.11 Å². The van der Waals surface area contributed by atoms with Crippen molar-refractivity contribution >= 4 is 12.6 Å². The van der Waals surface area contributed by atoms with Gasteiger partial charge in [0, 0.05) is 17.1 Å². The molecule has 0 amide bonds. The van der Waals surface area contributed by atoms with Gasteiger partial charge >= 0.3 is 0 Å². The second kappa shape index (κ2) is 10.5. The highest BCUT2D eigenvalue weighted by Crippen LogP contribution is 2.92. The molecule has 9 rings (SSSR count). The average molecular weight is 553 g/mol. The van der Waals surface area contributed by atoms with Crippen LogP contribution in [0.15, 0.2) is 23.3 Å². The summed E-state index contributed by atoms with van der Waals surface area (Å²) in [7, 11) is 0. The van der Waals surface area contributed by atoms with Crippen LogP contribution in [0.25, 0.3) is 0 Å². The van der Waals surface area contributed by atoms with Gasteiger partial charge in [-0.05, 0) is 148 Å². The van der Waals surface area contributed by atoms with Crippen molar-refractivity contribution in [2.24, 2.45) is 64.1 Å². The number of ether oxygens (including phenoxy) is 1. The molecule has 39 heavy (non-hydrogen) atoms. The Labute approximate surface area is 244 Å². The molecular weight excluding hydrogens is 496 g/mol. The third kappa shape index (κ3) is 4.23. The summed E-state index contributed by atoms with van der Waals surface area (Å²) in [6.45, 7) is 7.73. The summed E-state index contributed by atoms with van der Waals surface area (Å²) in [6, 6.07) is 0. The maximum Gasteiger partial charge on any atom is 0.158 e. The van der Waals surface area contributed by atoms with Crippen LogP contribution < -0.4 is 0 Å². The first kappa shape index (κ1) is 27.6. The predicted octanol–water partition coefficient (Wildman–Crippen LogP) is 9.00. The average Bonchev–Trinajstić information content (AvgIpc) is 2.88. The highest BCUT2D eigenvalue weighted by Gasteiger charge is 2.87. The largest absolute Gasteiger partial charge is 0.368 e. The Hall–Kier alpha value is -0.250. The topological polar surface area (TPSA) is 29.5 Å². The maximum atomic E-state index is 10.8. The molecule has 0 aromatic rings. The third-order valence-electron chi connectivity index (χ3n) is 14.2. The van der Waals surface area contributed by atoms with Crippen LogP contribution in [0.3, 0.4) is 0 Å². The molecule has 0 aromatic heterocycles. The smallest absolute Gasteiger partial charge is 0.158 e. The quantitative estimate of drug-likeness (QED) is 0.121. The van der Waals surface area contributed by atoms with Crippen molar-refractivity contribution in [1.82, 2.24) is 0 Å². The van der Waals surface area contributed by atoms with Gasteiger partial charge in [0.2, 0.25) is 0 Å². The highest BCUT2D eigenvalue weighted by molar-refractivity contribution is 7.81. The SMILES string of the molecule is CCCCC(CCC1CC2CC3CC(C2)C13)/C(C)=C/C(=C\CC(O)OCC12CC3CC4CC(C1)C432)C(S)CC. The Bertz CT molecular complexity index is 945. The standard InChI is InChI=1S/C36H56O2S/c1-4-6-7-24(8-9-26-13-23-14-27-16-28(15-23)34(26)27)22(3)12-25(32(39)5-2)10-11-33(37)38-21-35-19-30-17-29-18-31(20-35)36(29,30)35/h10,12,23-24,26-34,37,39H,4-9,11,13-21H2,1-3H3/b22-12+,25-10+. The van der Waals surface area contributed by atoms with Gasteiger partial charge in [-0.3, -0.25) is 0 Å². The summed E-state index contributed by atoms with van der Waals surface area (Å²) >= 11 is 4.97. The second-order valence-corrected chi connectivity index (χ2v) is 16.4. The number of fused-ring (bicyclic) bond motifs is 1. The number of thiol groups is 1. The molecule has 0 radical (unpaired) electrons. The van der Waals surface area contributed by atoms with Crippen LogP contribution >= 0.6 is 12.6 Å². The van der Waals surface area contributed by atoms with Gasteiger partial charge in [-0.2, -0.15) is 12.6 Å². The molecule has 9 aliphatic carbocycles.